The lowest BCUT2D eigenvalue weighted by atomic mass is 9.94. The van der Waals surface area contributed by atoms with E-state index in [1.54, 1.807) is 28.4 Å². The Morgan fingerprint density at radius 2 is 1.50 bits per heavy atom. The minimum absolute atomic E-state index is 0.0725. The van der Waals surface area contributed by atoms with Crippen LogP contribution in [0.4, 0.5) is 0 Å². The lowest BCUT2D eigenvalue weighted by molar-refractivity contribution is 0.233. The standard InChI is InChI=1S/C29H36N2O5/c1-32-23-11-12-24(25(19-23)33-2)28(31-15-8-13-30-14-16-31)22-17-26(34-3)29(27(18-22)35-4)36-20-21-9-6-5-7-10-21/h5-7,9-12,17-19,28,30H,8,13-16,20H2,1-4H3. The highest BCUT2D eigenvalue weighted by Crippen LogP contribution is 2.44. The first-order chi connectivity index (χ1) is 17.7. The van der Waals surface area contributed by atoms with Gasteiger partial charge in [-0.05, 0) is 48.4 Å². The molecule has 3 aromatic carbocycles. The summed E-state index contributed by atoms with van der Waals surface area (Å²) in [7, 11) is 6.68. The number of hydrogen-bond donors (Lipinski definition) is 1. The van der Waals surface area contributed by atoms with Crippen LogP contribution in [0.25, 0.3) is 0 Å². The van der Waals surface area contributed by atoms with Crippen molar-refractivity contribution in [1.29, 1.82) is 0 Å². The van der Waals surface area contributed by atoms with Crippen molar-refractivity contribution in [3.8, 4) is 28.7 Å². The van der Waals surface area contributed by atoms with Crippen LogP contribution in [0.15, 0.2) is 60.7 Å². The van der Waals surface area contributed by atoms with Crippen molar-refractivity contribution in [2.45, 2.75) is 19.1 Å². The smallest absolute Gasteiger partial charge is 0.203 e. The van der Waals surface area contributed by atoms with Gasteiger partial charge in [0.25, 0.3) is 0 Å². The number of methoxy groups -OCH3 is 4. The monoisotopic (exact) mass is 492 g/mol. The van der Waals surface area contributed by atoms with Gasteiger partial charge in [-0.2, -0.15) is 0 Å². The molecule has 0 aliphatic carbocycles. The van der Waals surface area contributed by atoms with Crippen LogP contribution in [0.2, 0.25) is 0 Å². The molecule has 0 amide bonds. The molecule has 4 rings (SSSR count). The lowest BCUT2D eigenvalue weighted by Crippen LogP contribution is -2.33. The SMILES string of the molecule is COc1ccc(C(c2cc(OC)c(OCc3ccccc3)c(OC)c2)N2CCCNCC2)c(OC)c1. The van der Waals surface area contributed by atoms with Crippen LogP contribution in [0.1, 0.15) is 29.2 Å². The Morgan fingerprint density at radius 3 is 2.17 bits per heavy atom. The van der Waals surface area contributed by atoms with Gasteiger partial charge in [0.05, 0.1) is 34.5 Å². The van der Waals surface area contributed by atoms with Gasteiger partial charge in [0.2, 0.25) is 5.75 Å². The summed E-state index contributed by atoms with van der Waals surface area (Å²) in [5, 5.41) is 3.51. The highest BCUT2D eigenvalue weighted by atomic mass is 16.5. The molecular formula is C29H36N2O5. The van der Waals surface area contributed by atoms with Crippen molar-refractivity contribution < 1.29 is 23.7 Å². The maximum absolute atomic E-state index is 6.20. The van der Waals surface area contributed by atoms with E-state index in [-0.39, 0.29) is 6.04 Å². The number of hydrogen-bond acceptors (Lipinski definition) is 7. The largest absolute Gasteiger partial charge is 0.497 e. The van der Waals surface area contributed by atoms with Crippen LogP contribution in [0.3, 0.4) is 0 Å². The second kappa shape index (κ2) is 12.5. The molecule has 3 aromatic rings. The van der Waals surface area contributed by atoms with Crippen LogP contribution in [0, 0.1) is 0 Å². The van der Waals surface area contributed by atoms with Crippen molar-refractivity contribution >= 4 is 0 Å². The number of rotatable bonds is 10. The van der Waals surface area contributed by atoms with E-state index in [9.17, 15) is 0 Å². The Labute approximate surface area is 213 Å². The normalized spacial score (nSPS) is 15.0. The summed E-state index contributed by atoms with van der Waals surface area (Å²) in [6.45, 7) is 4.18. The summed E-state index contributed by atoms with van der Waals surface area (Å²) in [6, 6.07) is 20.1. The van der Waals surface area contributed by atoms with Gasteiger partial charge in [0, 0.05) is 31.3 Å². The molecule has 1 atom stereocenters. The molecule has 192 valence electrons. The first-order valence-corrected chi connectivity index (χ1v) is 12.3. The molecule has 1 unspecified atom stereocenters. The van der Waals surface area contributed by atoms with Crippen molar-refractivity contribution in [3.05, 3.63) is 77.4 Å². The van der Waals surface area contributed by atoms with E-state index < -0.39 is 0 Å². The van der Waals surface area contributed by atoms with Gasteiger partial charge < -0.3 is 29.0 Å². The topological polar surface area (TPSA) is 61.4 Å². The summed E-state index contributed by atoms with van der Waals surface area (Å²) < 4.78 is 29.1. The molecule has 1 saturated heterocycles. The van der Waals surface area contributed by atoms with E-state index in [0.717, 1.165) is 60.8 Å². The van der Waals surface area contributed by atoms with Crippen LogP contribution in [0.5, 0.6) is 28.7 Å². The summed E-state index contributed by atoms with van der Waals surface area (Å²) in [6.07, 6.45) is 1.06. The van der Waals surface area contributed by atoms with Crippen LogP contribution < -0.4 is 29.0 Å². The van der Waals surface area contributed by atoms with Gasteiger partial charge >= 0.3 is 0 Å². The fourth-order valence-corrected chi connectivity index (χ4v) is 4.69. The number of ether oxygens (including phenoxy) is 5. The molecule has 0 spiro atoms. The second-order valence-corrected chi connectivity index (χ2v) is 8.68. The zero-order valence-corrected chi connectivity index (χ0v) is 21.6. The molecule has 1 heterocycles. The molecule has 1 N–H and O–H groups in total. The Morgan fingerprint density at radius 1 is 0.778 bits per heavy atom. The van der Waals surface area contributed by atoms with Crippen molar-refractivity contribution in [2.24, 2.45) is 0 Å². The molecule has 1 aliphatic rings. The summed E-state index contributed by atoms with van der Waals surface area (Å²) >= 11 is 0. The van der Waals surface area contributed by atoms with Crippen molar-refractivity contribution in [1.82, 2.24) is 10.2 Å². The zero-order chi connectivity index (χ0) is 25.3. The number of nitrogens with one attached hydrogen (secondary N) is 1. The minimum Gasteiger partial charge on any atom is -0.497 e. The third-order valence-corrected chi connectivity index (χ3v) is 6.50. The highest BCUT2D eigenvalue weighted by molar-refractivity contribution is 5.57. The average molecular weight is 493 g/mol. The molecule has 7 nitrogen and oxygen atoms in total. The van der Waals surface area contributed by atoms with Crippen LogP contribution >= 0.6 is 0 Å². The van der Waals surface area contributed by atoms with E-state index in [2.05, 4.69) is 28.4 Å². The maximum atomic E-state index is 6.20. The van der Waals surface area contributed by atoms with Crippen LogP contribution in [-0.2, 0) is 6.61 Å². The number of nitrogens with zero attached hydrogens (tertiary/aromatic N) is 1. The summed E-state index contributed by atoms with van der Waals surface area (Å²) in [4.78, 5) is 2.48. The third kappa shape index (κ3) is 5.86. The van der Waals surface area contributed by atoms with E-state index in [1.165, 1.54) is 0 Å². The predicted molar refractivity (Wildman–Crippen MR) is 141 cm³/mol. The summed E-state index contributed by atoms with van der Waals surface area (Å²) in [5.41, 5.74) is 3.17. The zero-order valence-electron chi connectivity index (χ0n) is 21.6. The number of benzene rings is 3. The Hall–Kier alpha value is -3.42. The fourth-order valence-electron chi connectivity index (χ4n) is 4.69. The van der Waals surface area contributed by atoms with Crippen LogP contribution in [-0.4, -0.2) is 59.5 Å². The fraction of sp³-hybridized carbons (Fsp3) is 0.379. The van der Waals surface area contributed by atoms with E-state index >= 15 is 0 Å². The molecular weight excluding hydrogens is 456 g/mol. The summed E-state index contributed by atoms with van der Waals surface area (Å²) in [5.74, 6) is 3.38. The molecule has 36 heavy (non-hydrogen) atoms. The molecule has 7 heteroatoms. The van der Waals surface area contributed by atoms with Gasteiger partial charge in [-0.15, -0.1) is 0 Å². The Kier molecular flexibility index (Phi) is 8.92. The van der Waals surface area contributed by atoms with Crippen molar-refractivity contribution in [3.63, 3.8) is 0 Å². The van der Waals surface area contributed by atoms with E-state index in [1.807, 2.05) is 42.5 Å². The first-order valence-electron chi connectivity index (χ1n) is 12.3. The predicted octanol–water partition coefficient (Wildman–Crippen LogP) is 4.68. The van der Waals surface area contributed by atoms with E-state index in [4.69, 9.17) is 23.7 Å². The average Bonchev–Trinajstić information content (AvgIpc) is 3.22. The molecule has 0 aromatic heterocycles. The third-order valence-electron chi connectivity index (χ3n) is 6.50. The quantitative estimate of drug-likeness (QED) is 0.441. The molecule has 0 bridgehead atoms. The van der Waals surface area contributed by atoms with Gasteiger partial charge in [-0.3, -0.25) is 4.90 Å². The van der Waals surface area contributed by atoms with E-state index in [0.29, 0.717) is 23.9 Å². The Balaban J connectivity index is 1.78. The minimum atomic E-state index is -0.0725. The molecule has 0 saturated carbocycles. The Bertz CT molecular complexity index is 1090. The molecule has 1 fully saturated rings. The van der Waals surface area contributed by atoms with Gasteiger partial charge in [0.15, 0.2) is 11.5 Å². The van der Waals surface area contributed by atoms with Gasteiger partial charge in [-0.1, -0.05) is 30.3 Å². The van der Waals surface area contributed by atoms with Crippen molar-refractivity contribution in [2.75, 3.05) is 54.6 Å². The van der Waals surface area contributed by atoms with Gasteiger partial charge in [0.1, 0.15) is 18.1 Å². The maximum Gasteiger partial charge on any atom is 0.203 e. The molecule has 1 aliphatic heterocycles. The molecule has 0 radical (unpaired) electrons. The lowest BCUT2D eigenvalue weighted by Gasteiger charge is -2.33. The first kappa shape index (κ1) is 25.7. The highest BCUT2D eigenvalue weighted by Gasteiger charge is 2.29. The second-order valence-electron chi connectivity index (χ2n) is 8.68. The van der Waals surface area contributed by atoms with Gasteiger partial charge in [-0.25, -0.2) is 0 Å².